The first-order valence-corrected chi connectivity index (χ1v) is 7.12. The van der Waals surface area contributed by atoms with Crippen molar-refractivity contribution in [3.8, 4) is 0 Å². The molecule has 0 amide bonds. The highest BCUT2D eigenvalue weighted by molar-refractivity contribution is 5.54. The van der Waals surface area contributed by atoms with E-state index >= 15 is 0 Å². The summed E-state index contributed by atoms with van der Waals surface area (Å²) in [4.78, 5) is 2.41. The number of nitrogens with zero attached hydrogens (tertiary/aromatic N) is 1. The monoisotopic (exact) mass is 264 g/mol. The molecule has 0 unspecified atom stereocenters. The van der Waals surface area contributed by atoms with Gasteiger partial charge in [-0.25, -0.2) is 0 Å². The average molecular weight is 264 g/mol. The highest BCUT2D eigenvalue weighted by Crippen LogP contribution is 2.22. The minimum absolute atomic E-state index is 0.639. The van der Waals surface area contributed by atoms with Gasteiger partial charge in [-0.2, -0.15) is 0 Å². The van der Waals surface area contributed by atoms with Gasteiger partial charge < -0.3 is 15.4 Å². The normalized spacial score (nSPS) is 11.1. The second kappa shape index (κ2) is 8.18. The maximum Gasteiger partial charge on any atom is 0.0637 e. The molecule has 0 bridgehead atoms. The van der Waals surface area contributed by atoms with Gasteiger partial charge >= 0.3 is 0 Å². The molecule has 0 heterocycles. The number of nitrogens with two attached hydrogens (primary N) is 1. The lowest BCUT2D eigenvalue weighted by molar-refractivity contribution is 0.204. The summed E-state index contributed by atoms with van der Waals surface area (Å²) < 4.78 is 5.22. The quantitative estimate of drug-likeness (QED) is 0.784. The van der Waals surface area contributed by atoms with Gasteiger partial charge in [0.15, 0.2) is 0 Å². The maximum atomic E-state index is 5.61. The summed E-state index contributed by atoms with van der Waals surface area (Å²) in [6.45, 7) is 10.1. The SMILES string of the molecule is COCCN(CC(C)C)c1ccc(CCN)cc1C. The van der Waals surface area contributed by atoms with Gasteiger partial charge in [-0.1, -0.05) is 26.0 Å². The third-order valence-electron chi connectivity index (χ3n) is 3.19. The Hall–Kier alpha value is -1.06. The predicted molar refractivity (Wildman–Crippen MR) is 82.9 cm³/mol. The van der Waals surface area contributed by atoms with E-state index in [0.717, 1.165) is 26.1 Å². The van der Waals surface area contributed by atoms with Crippen LogP contribution in [-0.2, 0) is 11.2 Å². The van der Waals surface area contributed by atoms with Crippen molar-refractivity contribution in [2.45, 2.75) is 27.2 Å². The fourth-order valence-electron chi connectivity index (χ4n) is 2.35. The first-order chi connectivity index (χ1) is 9.08. The molecule has 0 aliphatic rings. The van der Waals surface area contributed by atoms with Gasteiger partial charge in [0.2, 0.25) is 0 Å². The van der Waals surface area contributed by atoms with Crippen LogP contribution in [0, 0.1) is 12.8 Å². The number of hydrogen-bond acceptors (Lipinski definition) is 3. The van der Waals surface area contributed by atoms with Crippen molar-refractivity contribution >= 4 is 5.69 Å². The third kappa shape index (κ3) is 5.21. The molecule has 0 radical (unpaired) electrons. The number of hydrogen-bond donors (Lipinski definition) is 1. The van der Waals surface area contributed by atoms with Gasteiger partial charge in [0.25, 0.3) is 0 Å². The molecule has 1 aromatic carbocycles. The van der Waals surface area contributed by atoms with Crippen molar-refractivity contribution in [3.05, 3.63) is 29.3 Å². The topological polar surface area (TPSA) is 38.5 Å². The Morgan fingerprint density at radius 1 is 1.32 bits per heavy atom. The van der Waals surface area contributed by atoms with Gasteiger partial charge in [0.1, 0.15) is 0 Å². The van der Waals surface area contributed by atoms with Crippen molar-refractivity contribution in [3.63, 3.8) is 0 Å². The largest absolute Gasteiger partial charge is 0.383 e. The first-order valence-electron chi connectivity index (χ1n) is 7.12. The molecular weight excluding hydrogens is 236 g/mol. The highest BCUT2D eigenvalue weighted by Gasteiger charge is 2.11. The Labute approximate surface area is 117 Å². The van der Waals surface area contributed by atoms with Gasteiger partial charge in [-0.3, -0.25) is 0 Å². The van der Waals surface area contributed by atoms with E-state index in [4.69, 9.17) is 10.5 Å². The van der Waals surface area contributed by atoms with Crippen molar-refractivity contribution < 1.29 is 4.74 Å². The van der Waals surface area contributed by atoms with E-state index in [1.807, 2.05) is 0 Å². The van der Waals surface area contributed by atoms with Gasteiger partial charge in [-0.15, -0.1) is 0 Å². The molecule has 3 nitrogen and oxygen atoms in total. The summed E-state index contributed by atoms with van der Waals surface area (Å²) in [7, 11) is 1.75. The summed E-state index contributed by atoms with van der Waals surface area (Å²) in [6, 6.07) is 6.66. The van der Waals surface area contributed by atoms with Crippen LogP contribution in [0.5, 0.6) is 0 Å². The molecule has 2 N–H and O–H groups in total. The second-order valence-electron chi connectivity index (χ2n) is 5.49. The second-order valence-corrected chi connectivity index (χ2v) is 5.49. The molecule has 108 valence electrons. The fourth-order valence-corrected chi connectivity index (χ4v) is 2.35. The molecule has 0 fully saturated rings. The molecule has 1 aromatic rings. The molecule has 0 atom stereocenters. The summed E-state index contributed by atoms with van der Waals surface area (Å²) in [5, 5.41) is 0. The molecule has 0 spiro atoms. The van der Waals surface area contributed by atoms with Crippen LogP contribution < -0.4 is 10.6 Å². The number of anilines is 1. The molecule has 0 aliphatic carbocycles. The van der Waals surface area contributed by atoms with Crippen LogP contribution in [0.1, 0.15) is 25.0 Å². The standard InChI is InChI=1S/C16H28N2O/c1-13(2)12-18(9-10-19-4)16-6-5-15(7-8-17)11-14(16)3/h5-6,11,13H,7-10,12,17H2,1-4H3. The van der Waals surface area contributed by atoms with Crippen LogP contribution in [-0.4, -0.2) is 33.4 Å². The number of ether oxygens (including phenoxy) is 1. The van der Waals surface area contributed by atoms with Crippen molar-refractivity contribution in [2.75, 3.05) is 38.3 Å². The maximum absolute atomic E-state index is 5.61. The lowest BCUT2D eigenvalue weighted by atomic mass is 10.1. The van der Waals surface area contributed by atoms with Crippen LogP contribution >= 0.6 is 0 Å². The minimum Gasteiger partial charge on any atom is -0.383 e. The third-order valence-corrected chi connectivity index (χ3v) is 3.19. The minimum atomic E-state index is 0.639. The Balaban J connectivity index is 2.87. The van der Waals surface area contributed by atoms with E-state index < -0.39 is 0 Å². The zero-order valence-electron chi connectivity index (χ0n) is 12.8. The molecule has 0 saturated carbocycles. The Bertz CT molecular complexity index is 377. The molecule has 19 heavy (non-hydrogen) atoms. The summed E-state index contributed by atoms with van der Waals surface area (Å²) in [5.41, 5.74) is 9.57. The Morgan fingerprint density at radius 2 is 2.05 bits per heavy atom. The Morgan fingerprint density at radius 3 is 2.58 bits per heavy atom. The van der Waals surface area contributed by atoms with E-state index in [9.17, 15) is 0 Å². The van der Waals surface area contributed by atoms with E-state index in [2.05, 4.69) is 43.9 Å². The smallest absolute Gasteiger partial charge is 0.0637 e. The van der Waals surface area contributed by atoms with Crippen molar-refractivity contribution in [1.82, 2.24) is 0 Å². The van der Waals surface area contributed by atoms with Crippen LogP contribution in [0.4, 0.5) is 5.69 Å². The average Bonchev–Trinajstić information content (AvgIpc) is 2.35. The van der Waals surface area contributed by atoms with Crippen LogP contribution in [0.25, 0.3) is 0 Å². The number of rotatable bonds is 8. The number of benzene rings is 1. The zero-order chi connectivity index (χ0) is 14.3. The van der Waals surface area contributed by atoms with E-state index in [1.165, 1.54) is 16.8 Å². The van der Waals surface area contributed by atoms with Gasteiger partial charge in [-0.05, 0) is 43.0 Å². The van der Waals surface area contributed by atoms with Crippen molar-refractivity contribution in [1.29, 1.82) is 0 Å². The van der Waals surface area contributed by atoms with E-state index in [-0.39, 0.29) is 0 Å². The fraction of sp³-hybridized carbons (Fsp3) is 0.625. The molecule has 1 rings (SSSR count). The molecule has 0 aromatic heterocycles. The van der Waals surface area contributed by atoms with Crippen LogP contribution in [0.3, 0.4) is 0 Å². The van der Waals surface area contributed by atoms with Crippen LogP contribution in [0.15, 0.2) is 18.2 Å². The molecule has 3 heteroatoms. The number of methoxy groups -OCH3 is 1. The van der Waals surface area contributed by atoms with Crippen molar-refractivity contribution in [2.24, 2.45) is 11.7 Å². The van der Waals surface area contributed by atoms with E-state index in [1.54, 1.807) is 7.11 Å². The first kappa shape index (κ1) is 16.0. The lowest BCUT2D eigenvalue weighted by Crippen LogP contribution is -2.31. The van der Waals surface area contributed by atoms with Crippen LogP contribution in [0.2, 0.25) is 0 Å². The molecular formula is C16H28N2O. The lowest BCUT2D eigenvalue weighted by Gasteiger charge is -2.28. The summed E-state index contributed by atoms with van der Waals surface area (Å²) in [5.74, 6) is 0.639. The number of aryl methyl sites for hydroxylation is 1. The summed E-state index contributed by atoms with van der Waals surface area (Å²) in [6.07, 6.45) is 0.948. The Kier molecular flexibility index (Phi) is 6.89. The predicted octanol–water partition coefficient (Wildman–Crippen LogP) is 2.61. The highest BCUT2D eigenvalue weighted by atomic mass is 16.5. The zero-order valence-corrected chi connectivity index (χ0v) is 12.8. The van der Waals surface area contributed by atoms with E-state index in [0.29, 0.717) is 12.5 Å². The van der Waals surface area contributed by atoms with Gasteiger partial charge in [0.05, 0.1) is 6.61 Å². The summed E-state index contributed by atoms with van der Waals surface area (Å²) >= 11 is 0. The molecule has 0 saturated heterocycles. The van der Waals surface area contributed by atoms with Gasteiger partial charge in [0, 0.05) is 25.9 Å². The molecule has 0 aliphatic heterocycles.